The lowest BCUT2D eigenvalue weighted by atomic mass is 9.97. The van der Waals surface area contributed by atoms with Gasteiger partial charge in [-0.25, -0.2) is 4.39 Å². The van der Waals surface area contributed by atoms with Gasteiger partial charge in [-0.2, -0.15) is 0 Å². The summed E-state index contributed by atoms with van der Waals surface area (Å²) in [6, 6.07) is 10.0. The summed E-state index contributed by atoms with van der Waals surface area (Å²) in [5.41, 5.74) is 4.29. The van der Waals surface area contributed by atoms with Crippen molar-refractivity contribution in [3.63, 3.8) is 0 Å². The van der Waals surface area contributed by atoms with Crippen molar-refractivity contribution in [2.45, 2.75) is 19.5 Å². The number of hydrogen-bond acceptors (Lipinski definition) is 4. The fraction of sp³-hybridized carbons (Fsp3) is 0.286. The number of nitrogens with one attached hydrogen (secondary N) is 1. The lowest BCUT2D eigenvalue weighted by Crippen LogP contribution is -2.44. The monoisotopic (exact) mass is 368 g/mol. The second kappa shape index (κ2) is 6.95. The Bertz CT molecular complexity index is 926. The lowest BCUT2D eigenvalue weighted by molar-refractivity contribution is -0.133. The van der Waals surface area contributed by atoms with Crippen LogP contribution in [-0.4, -0.2) is 37.2 Å². The van der Waals surface area contributed by atoms with Crippen LogP contribution >= 0.6 is 0 Å². The Balaban J connectivity index is 1.52. The fourth-order valence-electron chi connectivity index (χ4n) is 3.62. The highest BCUT2D eigenvalue weighted by atomic mass is 19.1. The molecule has 2 aliphatic heterocycles. The Morgan fingerprint density at radius 1 is 1.26 bits per heavy atom. The number of anilines is 1. The summed E-state index contributed by atoms with van der Waals surface area (Å²) >= 11 is 0. The minimum Gasteiger partial charge on any atom is -0.495 e. The highest BCUT2D eigenvalue weighted by molar-refractivity contribution is 5.85. The molecule has 0 spiro atoms. The zero-order chi connectivity index (χ0) is 19.0. The first-order valence-corrected chi connectivity index (χ1v) is 8.90. The van der Waals surface area contributed by atoms with Crippen LogP contribution in [0.5, 0.6) is 11.5 Å². The maximum absolute atomic E-state index is 13.7. The van der Waals surface area contributed by atoms with Crippen LogP contribution in [0.3, 0.4) is 0 Å². The smallest absolute Gasteiger partial charge is 0.262 e. The summed E-state index contributed by atoms with van der Waals surface area (Å²) < 4.78 is 24.5. The molecule has 1 unspecified atom stereocenters. The molecule has 0 radical (unpaired) electrons. The quantitative estimate of drug-likeness (QED) is 0.896. The average molecular weight is 368 g/mol. The predicted molar refractivity (Wildman–Crippen MR) is 101 cm³/mol. The highest BCUT2D eigenvalue weighted by Gasteiger charge is 2.36. The minimum absolute atomic E-state index is 0.0834. The predicted octanol–water partition coefficient (Wildman–Crippen LogP) is 3.59. The molecule has 1 saturated heterocycles. The Kier molecular flexibility index (Phi) is 4.48. The van der Waals surface area contributed by atoms with Crippen molar-refractivity contribution in [1.82, 2.24) is 4.90 Å². The van der Waals surface area contributed by atoms with E-state index in [1.807, 2.05) is 12.1 Å². The molecule has 6 heteroatoms. The zero-order valence-electron chi connectivity index (χ0n) is 15.3. The van der Waals surface area contributed by atoms with Crippen molar-refractivity contribution in [3.8, 4) is 11.5 Å². The number of amides is 1. The number of hydrogen-bond donors (Lipinski definition) is 1. The number of halogens is 1. The summed E-state index contributed by atoms with van der Waals surface area (Å²) in [7, 11) is 1.63. The molecule has 0 saturated carbocycles. The van der Waals surface area contributed by atoms with E-state index in [0.717, 1.165) is 34.6 Å². The van der Waals surface area contributed by atoms with Crippen LogP contribution in [0.4, 0.5) is 10.1 Å². The summed E-state index contributed by atoms with van der Waals surface area (Å²) in [6.45, 7) is 2.44. The van der Waals surface area contributed by atoms with Gasteiger partial charge in [0.05, 0.1) is 12.8 Å². The third-order valence-corrected chi connectivity index (χ3v) is 5.07. The van der Waals surface area contributed by atoms with Crippen LogP contribution in [0.1, 0.15) is 17.5 Å². The minimum atomic E-state index is -0.475. The van der Waals surface area contributed by atoms with Crippen LogP contribution in [0.2, 0.25) is 0 Å². The Labute approximate surface area is 157 Å². The van der Waals surface area contributed by atoms with Gasteiger partial charge in [-0.1, -0.05) is 18.2 Å². The number of aryl methyl sites for hydroxylation is 1. The van der Waals surface area contributed by atoms with Gasteiger partial charge >= 0.3 is 0 Å². The Morgan fingerprint density at radius 3 is 2.85 bits per heavy atom. The number of carbonyl (C=O) groups is 1. The molecule has 1 amide bonds. The second-order valence-corrected chi connectivity index (χ2v) is 6.70. The van der Waals surface area contributed by atoms with E-state index in [9.17, 15) is 9.18 Å². The first kappa shape index (κ1) is 17.4. The standard InChI is InChI=1S/C21H21FN2O3/c1-13-7-8-18(26-2)20-15(13)11-14-9-10-24(21(14)23-20)19(25)12-27-17-6-4-3-5-16(17)22/h3-8,11,21,23H,9-10,12H2,1-2H3. The molecular weight excluding hydrogens is 347 g/mol. The van der Waals surface area contributed by atoms with E-state index >= 15 is 0 Å². The van der Waals surface area contributed by atoms with Gasteiger partial charge in [-0.05, 0) is 48.8 Å². The summed E-state index contributed by atoms with van der Waals surface area (Å²) in [6.07, 6.45) is 2.70. The molecule has 5 nitrogen and oxygen atoms in total. The molecule has 4 rings (SSSR count). The van der Waals surface area contributed by atoms with Crippen LogP contribution in [0.15, 0.2) is 42.0 Å². The summed E-state index contributed by atoms with van der Waals surface area (Å²) in [5.74, 6) is 0.166. The molecule has 2 heterocycles. The maximum atomic E-state index is 13.7. The van der Waals surface area contributed by atoms with Gasteiger partial charge < -0.3 is 19.7 Å². The van der Waals surface area contributed by atoms with E-state index in [-0.39, 0.29) is 24.4 Å². The molecular formula is C21H21FN2O3. The van der Waals surface area contributed by atoms with Crippen molar-refractivity contribution in [2.75, 3.05) is 25.6 Å². The molecule has 0 bridgehead atoms. The molecule has 27 heavy (non-hydrogen) atoms. The number of benzene rings is 2. The van der Waals surface area contributed by atoms with Crippen molar-refractivity contribution in [3.05, 3.63) is 58.9 Å². The van der Waals surface area contributed by atoms with Gasteiger partial charge in [0.2, 0.25) is 0 Å². The molecule has 0 aromatic heterocycles. The van der Waals surface area contributed by atoms with Crippen molar-refractivity contribution >= 4 is 17.7 Å². The number of methoxy groups -OCH3 is 1. The van der Waals surface area contributed by atoms with E-state index in [1.165, 1.54) is 12.1 Å². The van der Waals surface area contributed by atoms with E-state index in [4.69, 9.17) is 9.47 Å². The van der Waals surface area contributed by atoms with Crippen LogP contribution in [0, 0.1) is 12.7 Å². The second-order valence-electron chi connectivity index (χ2n) is 6.70. The van der Waals surface area contributed by atoms with Gasteiger partial charge in [0, 0.05) is 12.1 Å². The third kappa shape index (κ3) is 3.12. The first-order chi connectivity index (χ1) is 13.1. The van der Waals surface area contributed by atoms with Crippen LogP contribution in [-0.2, 0) is 4.79 Å². The number of ether oxygens (including phenoxy) is 2. The summed E-state index contributed by atoms with van der Waals surface area (Å²) in [5, 5.41) is 3.44. The van der Waals surface area contributed by atoms with E-state index in [0.29, 0.717) is 6.54 Å². The van der Waals surface area contributed by atoms with Crippen LogP contribution in [0.25, 0.3) is 6.08 Å². The number of rotatable bonds is 4. The number of likely N-dealkylation sites (tertiary alicyclic amines) is 1. The molecule has 2 aliphatic rings. The van der Waals surface area contributed by atoms with Crippen molar-refractivity contribution < 1.29 is 18.7 Å². The van der Waals surface area contributed by atoms with Crippen molar-refractivity contribution in [1.29, 1.82) is 0 Å². The van der Waals surface area contributed by atoms with E-state index in [2.05, 4.69) is 18.3 Å². The Morgan fingerprint density at radius 2 is 2.07 bits per heavy atom. The normalized spacial score (nSPS) is 17.5. The number of carbonyl (C=O) groups excluding carboxylic acids is 1. The number of fused-ring (bicyclic) bond motifs is 2. The van der Waals surface area contributed by atoms with Gasteiger partial charge in [-0.3, -0.25) is 4.79 Å². The molecule has 2 aromatic carbocycles. The summed E-state index contributed by atoms with van der Waals surface area (Å²) in [4.78, 5) is 14.4. The maximum Gasteiger partial charge on any atom is 0.262 e. The Hall–Kier alpha value is -3.02. The fourth-order valence-corrected chi connectivity index (χ4v) is 3.62. The SMILES string of the molecule is COc1ccc(C)c2c1NC1C(=C2)CCN1C(=O)COc1ccccc1F. The molecule has 2 aromatic rings. The zero-order valence-corrected chi connectivity index (χ0v) is 15.3. The van der Waals surface area contributed by atoms with E-state index in [1.54, 1.807) is 24.1 Å². The van der Waals surface area contributed by atoms with Gasteiger partial charge in [-0.15, -0.1) is 0 Å². The largest absolute Gasteiger partial charge is 0.495 e. The first-order valence-electron chi connectivity index (χ1n) is 8.90. The topological polar surface area (TPSA) is 50.8 Å². The van der Waals surface area contributed by atoms with E-state index < -0.39 is 5.82 Å². The number of para-hydroxylation sites is 1. The van der Waals surface area contributed by atoms with Gasteiger partial charge in [0.25, 0.3) is 5.91 Å². The highest BCUT2D eigenvalue weighted by Crippen LogP contribution is 2.40. The average Bonchev–Trinajstić information content (AvgIpc) is 3.09. The van der Waals surface area contributed by atoms with Gasteiger partial charge in [0.15, 0.2) is 18.2 Å². The lowest BCUT2D eigenvalue weighted by Gasteiger charge is -2.31. The third-order valence-electron chi connectivity index (χ3n) is 5.07. The molecule has 0 aliphatic carbocycles. The number of nitrogens with zero attached hydrogens (tertiary/aromatic N) is 1. The van der Waals surface area contributed by atoms with Crippen LogP contribution < -0.4 is 14.8 Å². The molecule has 1 fully saturated rings. The van der Waals surface area contributed by atoms with Gasteiger partial charge in [0.1, 0.15) is 11.9 Å². The molecule has 1 atom stereocenters. The van der Waals surface area contributed by atoms with Crippen molar-refractivity contribution in [2.24, 2.45) is 0 Å². The molecule has 140 valence electrons. The molecule has 1 N–H and O–H groups in total.